The molecule has 24 heavy (non-hydrogen) atoms. The maximum Gasteiger partial charge on any atom is 0.262 e. The van der Waals surface area contributed by atoms with Gasteiger partial charge in [-0.2, -0.15) is 0 Å². The van der Waals surface area contributed by atoms with E-state index in [1.807, 2.05) is 0 Å². The Hall–Kier alpha value is -1.73. The molecular formula is C16H20ClF2N3O2. The standard InChI is InChI=1S/C16H19F2N3O2.ClH/c17-16(18)7-13(20-9-16)15(23)19-8-10-2-1-3-11(6-10)14(22)21-12-4-5-12;/h1-3,6,12-13,20H,4-5,7-9H2,(H,19,23)(H,21,22);1H. The summed E-state index contributed by atoms with van der Waals surface area (Å²) in [4.78, 5) is 23.9. The minimum absolute atomic E-state index is 0. The minimum atomic E-state index is -2.83. The number of alkyl halides is 2. The van der Waals surface area contributed by atoms with Gasteiger partial charge in [-0.15, -0.1) is 12.4 Å². The van der Waals surface area contributed by atoms with E-state index in [9.17, 15) is 18.4 Å². The number of carbonyl (C=O) groups excluding carboxylic acids is 2. The lowest BCUT2D eigenvalue weighted by atomic mass is 10.1. The molecule has 0 spiro atoms. The monoisotopic (exact) mass is 359 g/mol. The summed E-state index contributed by atoms with van der Waals surface area (Å²) in [5, 5.41) is 8.04. The van der Waals surface area contributed by atoms with Crippen LogP contribution in [0.2, 0.25) is 0 Å². The molecule has 1 unspecified atom stereocenters. The summed E-state index contributed by atoms with van der Waals surface area (Å²) in [6.45, 7) is -0.269. The van der Waals surface area contributed by atoms with E-state index in [4.69, 9.17) is 0 Å². The third-order valence-electron chi connectivity index (χ3n) is 3.99. The molecule has 132 valence electrons. The van der Waals surface area contributed by atoms with Crippen LogP contribution < -0.4 is 16.0 Å². The van der Waals surface area contributed by atoms with Crippen molar-refractivity contribution in [1.29, 1.82) is 0 Å². The first-order valence-electron chi connectivity index (χ1n) is 7.72. The van der Waals surface area contributed by atoms with Crippen LogP contribution >= 0.6 is 12.4 Å². The highest BCUT2D eigenvalue weighted by atomic mass is 35.5. The van der Waals surface area contributed by atoms with Crippen molar-refractivity contribution >= 4 is 24.2 Å². The molecule has 0 radical (unpaired) electrons. The predicted octanol–water partition coefficient (Wildman–Crippen LogP) is 1.61. The van der Waals surface area contributed by atoms with Crippen molar-refractivity contribution in [1.82, 2.24) is 16.0 Å². The van der Waals surface area contributed by atoms with Crippen LogP contribution in [0.3, 0.4) is 0 Å². The zero-order chi connectivity index (χ0) is 16.4. The van der Waals surface area contributed by atoms with E-state index < -0.39 is 30.8 Å². The average Bonchev–Trinajstić information content (AvgIpc) is 3.26. The molecule has 0 bridgehead atoms. The van der Waals surface area contributed by atoms with E-state index in [0.29, 0.717) is 5.56 Å². The Morgan fingerprint density at radius 1 is 1.29 bits per heavy atom. The third-order valence-corrected chi connectivity index (χ3v) is 3.99. The average molecular weight is 360 g/mol. The van der Waals surface area contributed by atoms with Gasteiger partial charge in [0.1, 0.15) is 0 Å². The first-order chi connectivity index (χ1) is 10.9. The molecule has 1 aromatic carbocycles. The quantitative estimate of drug-likeness (QED) is 0.748. The second kappa shape index (κ2) is 7.44. The van der Waals surface area contributed by atoms with Crippen LogP contribution in [0.25, 0.3) is 0 Å². The van der Waals surface area contributed by atoms with Gasteiger partial charge < -0.3 is 10.6 Å². The van der Waals surface area contributed by atoms with Crippen molar-refractivity contribution in [3.63, 3.8) is 0 Å². The summed E-state index contributed by atoms with van der Waals surface area (Å²) >= 11 is 0. The molecule has 1 aromatic rings. The Morgan fingerprint density at radius 3 is 2.67 bits per heavy atom. The van der Waals surface area contributed by atoms with Gasteiger partial charge in [0.05, 0.1) is 12.6 Å². The second-order valence-corrected chi connectivity index (χ2v) is 6.16. The van der Waals surface area contributed by atoms with E-state index in [2.05, 4.69) is 16.0 Å². The molecule has 1 saturated heterocycles. The number of hydrogen-bond donors (Lipinski definition) is 3. The van der Waals surface area contributed by atoms with Gasteiger partial charge >= 0.3 is 0 Å². The number of hydrogen-bond acceptors (Lipinski definition) is 3. The van der Waals surface area contributed by atoms with Crippen molar-refractivity contribution in [2.24, 2.45) is 0 Å². The maximum atomic E-state index is 13.1. The van der Waals surface area contributed by atoms with Gasteiger partial charge in [-0.05, 0) is 30.5 Å². The van der Waals surface area contributed by atoms with Crippen molar-refractivity contribution in [2.45, 2.75) is 43.8 Å². The van der Waals surface area contributed by atoms with Gasteiger partial charge in [-0.3, -0.25) is 14.9 Å². The van der Waals surface area contributed by atoms with Crippen molar-refractivity contribution in [2.75, 3.05) is 6.54 Å². The molecule has 1 saturated carbocycles. The SMILES string of the molecule is Cl.O=C(NC1CC1)c1cccc(CNC(=O)C2CC(F)(F)CN2)c1. The van der Waals surface area contributed by atoms with Crippen LogP contribution in [0.4, 0.5) is 8.78 Å². The fraction of sp³-hybridized carbons (Fsp3) is 0.500. The Morgan fingerprint density at radius 2 is 2.04 bits per heavy atom. The van der Waals surface area contributed by atoms with E-state index in [1.54, 1.807) is 24.3 Å². The van der Waals surface area contributed by atoms with Crippen LogP contribution in [0, 0.1) is 0 Å². The Kier molecular flexibility index (Phi) is 5.77. The molecule has 3 rings (SSSR count). The van der Waals surface area contributed by atoms with E-state index >= 15 is 0 Å². The van der Waals surface area contributed by atoms with Crippen molar-refractivity contribution < 1.29 is 18.4 Å². The Labute approximate surface area is 145 Å². The molecule has 3 N–H and O–H groups in total. The molecular weight excluding hydrogens is 340 g/mol. The van der Waals surface area contributed by atoms with Gasteiger partial charge in [-0.25, -0.2) is 8.78 Å². The smallest absolute Gasteiger partial charge is 0.262 e. The maximum absolute atomic E-state index is 13.1. The minimum Gasteiger partial charge on any atom is -0.351 e. The number of halogens is 3. The largest absolute Gasteiger partial charge is 0.351 e. The molecule has 1 aliphatic heterocycles. The van der Waals surface area contributed by atoms with Crippen LogP contribution in [0.5, 0.6) is 0 Å². The highest BCUT2D eigenvalue weighted by Crippen LogP contribution is 2.25. The van der Waals surface area contributed by atoms with Gasteiger partial charge in [0, 0.05) is 24.6 Å². The first kappa shape index (κ1) is 18.6. The predicted molar refractivity (Wildman–Crippen MR) is 87.4 cm³/mol. The summed E-state index contributed by atoms with van der Waals surface area (Å²) in [5.41, 5.74) is 1.29. The summed E-state index contributed by atoms with van der Waals surface area (Å²) in [7, 11) is 0. The highest BCUT2D eigenvalue weighted by Gasteiger charge is 2.42. The summed E-state index contributed by atoms with van der Waals surface area (Å²) < 4.78 is 26.2. The Balaban J connectivity index is 0.00000208. The van der Waals surface area contributed by atoms with E-state index in [-0.39, 0.29) is 30.9 Å². The van der Waals surface area contributed by atoms with Gasteiger partial charge in [0.15, 0.2) is 0 Å². The van der Waals surface area contributed by atoms with Crippen molar-refractivity contribution in [3.05, 3.63) is 35.4 Å². The second-order valence-electron chi connectivity index (χ2n) is 6.16. The van der Waals surface area contributed by atoms with Crippen LogP contribution in [-0.4, -0.2) is 36.4 Å². The normalized spacial score (nSPS) is 21.7. The third kappa shape index (κ3) is 4.88. The summed E-state index contributed by atoms with van der Waals surface area (Å²) in [6.07, 6.45) is 1.55. The molecule has 2 aliphatic rings. The fourth-order valence-corrected chi connectivity index (χ4v) is 2.53. The first-order valence-corrected chi connectivity index (χ1v) is 7.72. The zero-order valence-corrected chi connectivity index (χ0v) is 13.8. The lowest BCUT2D eigenvalue weighted by Crippen LogP contribution is -2.40. The Bertz CT molecular complexity index is 623. The zero-order valence-electron chi connectivity index (χ0n) is 13.0. The molecule has 5 nitrogen and oxygen atoms in total. The molecule has 8 heteroatoms. The highest BCUT2D eigenvalue weighted by molar-refractivity contribution is 5.94. The fourth-order valence-electron chi connectivity index (χ4n) is 2.53. The number of benzene rings is 1. The summed E-state index contributed by atoms with van der Waals surface area (Å²) in [6, 6.07) is 6.35. The molecule has 2 amide bonds. The number of nitrogens with one attached hydrogen (secondary N) is 3. The molecule has 0 aromatic heterocycles. The number of carbonyl (C=O) groups is 2. The topological polar surface area (TPSA) is 70.2 Å². The van der Waals surface area contributed by atoms with Crippen LogP contribution in [-0.2, 0) is 11.3 Å². The van der Waals surface area contributed by atoms with E-state index in [1.165, 1.54) is 0 Å². The molecule has 1 aliphatic carbocycles. The van der Waals surface area contributed by atoms with Gasteiger partial charge in [0.2, 0.25) is 5.91 Å². The molecule has 2 fully saturated rings. The lowest BCUT2D eigenvalue weighted by molar-refractivity contribution is -0.123. The van der Waals surface area contributed by atoms with Crippen molar-refractivity contribution in [3.8, 4) is 0 Å². The van der Waals surface area contributed by atoms with Crippen LogP contribution in [0.15, 0.2) is 24.3 Å². The van der Waals surface area contributed by atoms with Crippen LogP contribution in [0.1, 0.15) is 35.2 Å². The number of amides is 2. The lowest BCUT2D eigenvalue weighted by Gasteiger charge is -2.12. The van der Waals surface area contributed by atoms with Gasteiger partial charge in [-0.1, -0.05) is 12.1 Å². The van der Waals surface area contributed by atoms with Gasteiger partial charge in [0.25, 0.3) is 11.8 Å². The molecule has 1 atom stereocenters. The van der Waals surface area contributed by atoms with E-state index in [0.717, 1.165) is 18.4 Å². The molecule has 1 heterocycles. The number of rotatable bonds is 5. The summed E-state index contributed by atoms with van der Waals surface area (Å²) in [5.74, 6) is -3.41.